The molecule has 122 valence electrons. The van der Waals surface area contributed by atoms with Crippen LogP contribution in [0.25, 0.3) is 12.2 Å². The van der Waals surface area contributed by atoms with E-state index >= 15 is 0 Å². The summed E-state index contributed by atoms with van der Waals surface area (Å²) in [7, 11) is 0. The second-order valence-corrected chi connectivity index (χ2v) is 5.92. The number of rotatable bonds is 5. The number of carbonyl (C=O) groups is 2. The van der Waals surface area contributed by atoms with Crippen LogP contribution in [0, 0.1) is 3.57 Å². The lowest BCUT2D eigenvalue weighted by Gasteiger charge is -2.02. The van der Waals surface area contributed by atoms with Crippen LogP contribution in [0.2, 0.25) is 0 Å². The molecule has 0 heterocycles. The lowest BCUT2D eigenvalue weighted by molar-refractivity contribution is -0.134. The van der Waals surface area contributed by atoms with Gasteiger partial charge >= 0.3 is 11.9 Å². The summed E-state index contributed by atoms with van der Waals surface area (Å²) < 4.78 is 19.2. The first-order chi connectivity index (χ1) is 11.4. The molecule has 0 aliphatic rings. The Hall–Kier alpha value is -2.48. The summed E-state index contributed by atoms with van der Waals surface area (Å²) in [4.78, 5) is 22.1. The number of carboxylic acid groups (broad SMARTS) is 1. The van der Waals surface area contributed by atoms with Crippen molar-refractivity contribution in [2.45, 2.75) is 0 Å². The maximum absolute atomic E-state index is 13.0. The molecule has 2 rings (SSSR count). The molecule has 1 N–H and O–H groups in total. The fraction of sp³-hybridized carbons (Fsp3) is 0. The van der Waals surface area contributed by atoms with Gasteiger partial charge < -0.3 is 9.84 Å². The molecule has 0 unspecified atom stereocenters. The van der Waals surface area contributed by atoms with Crippen LogP contribution in [-0.4, -0.2) is 17.0 Å². The molecular weight excluding hydrogens is 426 g/mol. The second kappa shape index (κ2) is 8.39. The Labute approximate surface area is 151 Å². The van der Waals surface area contributed by atoms with Gasteiger partial charge in [0.2, 0.25) is 5.83 Å². The maximum Gasteiger partial charge on any atom is 0.364 e. The van der Waals surface area contributed by atoms with Crippen molar-refractivity contribution in [2.75, 3.05) is 0 Å². The quantitative estimate of drug-likeness (QED) is 0.327. The topological polar surface area (TPSA) is 63.6 Å². The largest absolute Gasteiger partial charge is 0.476 e. The van der Waals surface area contributed by atoms with E-state index in [0.717, 1.165) is 15.2 Å². The van der Waals surface area contributed by atoms with Gasteiger partial charge in [-0.05, 0) is 70.1 Å². The first-order valence-electron chi connectivity index (χ1n) is 6.80. The molecule has 0 fully saturated rings. The Bertz CT molecular complexity index is 793. The predicted molar refractivity (Wildman–Crippen MR) is 97.0 cm³/mol. The number of ether oxygens (including phenoxy) is 1. The van der Waals surface area contributed by atoms with Gasteiger partial charge in [0.15, 0.2) is 0 Å². The fourth-order valence-corrected chi connectivity index (χ4v) is 2.09. The normalized spacial score (nSPS) is 11.5. The number of benzene rings is 2. The summed E-state index contributed by atoms with van der Waals surface area (Å²) >= 11 is 2.19. The van der Waals surface area contributed by atoms with E-state index in [4.69, 9.17) is 9.84 Å². The van der Waals surface area contributed by atoms with Crippen molar-refractivity contribution in [1.29, 1.82) is 0 Å². The van der Waals surface area contributed by atoms with Gasteiger partial charge in [0.1, 0.15) is 5.75 Å². The van der Waals surface area contributed by atoms with E-state index in [0.29, 0.717) is 5.56 Å². The van der Waals surface area contributed by atoms with Crippen LogP contribution >= 0.6 is 22.6 Å². The fourth-order valence-electron chi connectivity index (χ4n) is 1.73. The lowest BCUT2D eigenvalue weighted by atomic mass is 10.2. The number of hydrogen-bond donors (Lipinski definition) is 1. The molecule has 0 aromatic heterocycles. The lowest BCUT2D eigenvalue weighted by Crippen LogP contribution is -2.03. The summed E-state index contributed by atoms with van der Waals surface area (Å²) in [6.45, 7) is 0. The number of halogens is 2. The molecule has 0 saturated heterocycles. The highest BCUT2D eigenvalue weighted by molar-refractivity contribution is 14.1. The molecule has 24 heavy (non-hydrogen) atoms. The summed E-state index contributed by atoms with van der Waals surface area (Å²) in [6.07, 6.45) is 3.82. The van der Waals surface area contributed by atoms with Gasteiger partial charge in [-0.1, -0.05) is 24.3 Å². The Balaban J connectivity index is 1.98. The van der Waals surface area contributed by atoms with Crippen molar-refractivity contribution in [3.05, 3.63) is 75.1 Å². The minimum Gasteiger partial charge on any atom is -0.476 e. The van der Waals surface area contributed by atoms with Crippen LogP contribution in [0.4, 0.5) is 4.39 Å². The zero-order valence-electron chi connectivity index (χ0n) is 12.3. The van der Waals surface area contributed by atoms with E-state index in [-0.39, 0.29) is 5.75 Å². The van der Waals surface area contributed by atoms with Gasteiger partial charge in [-0.2, -0.15) is 4.39 Å². The zero-order valence-corrected chi connectivity index (χ0v) is 14.4. The molecular formula is C18H12FIO4. The van der Waals surface area contributed by atoms with Crippen LogP contribution in [0.15, 0.2) is 60.4 Å². The molecule has 0 spiro atoms. The molecule has 0 aliphatic heterocycles. The number of hydrogen-bond acceptors (Lipinski definition) is 3. The van der Waals surface area contributed by atoms with Gasteiger partial charge in [-0.3, -0.25) is 0 Å². The number of carboxylic acids is 1. The number of esters is 1. The van der Waals surface area contributed by atoms with E-state index in [1.54, 1.807) is 6.08 Å². The Morgan fingerprint density at radius 3 is 2.17 bits per heavy atom. The summed E-state index contributed by atoms with van der Waals surface area (Å²) in [5.74, 6) is -3.17. The van der Waals surface area contributed by atoms with Crippen molar-refractivity contribution < 1.29 is 23.8 Å². The minimum absolute atomic E-state index is 0.278. The Kier molecular flexibility index (Phi) is 6.25. The van der Waals surface area contributed by atoms with Crippen molar-refractivity contribution >= 4 is 46.7 Å². The molecule has 6 heteroatoms. The van der Waals surface area contributed by atoms with Gasteiger partial charge in [0.25, 0.3) is 0 Å². The molecule has 0 bridgehead atoms. The van der Waals surface area contributed by atoms with Crippen LogP contribution in [-0.2, 0) is 9.59 Å². The summed E-state index contributed by atoms with van der Waals surface area (Å²) in [5, 5.41) is 8.46. The smallest absolute Gasteiger partial charge is 0.364 e. The minimum atomic E-state index is -1.63. The predicted octanol–water partition coefficient (Wildman–Crippen LogP) is 4.31. The summed E-state index contributed by atoms with van der Waals surface area (Å²) in [5.41, 5.74) is 1.22. The Morgan fingerprint density at radius 2 is 1.58 bits per heavy atom. The Morgan fingerprint density at radius 1 is 1.00 bits per heavy atom. The second-order valence-electron chi connectivity index (χ2n) is 4.67. The first-order valence-corrected chi connectivity index (χ1v) is 7.88. The summed E-state index contributed by atoms with van der Waals surface area (Å²) in [6, 6.07) is 13.4. The van der Waals surface area contributed by atoms with Crippen molar-refractivity contribution in [3.63, 3.8) is 0 Å². The first kappa shape index (κ1) is 17.9. The maximum atomic E-state index is 13.0. The highest BCUT2D eigenvalue weighted by Gasteiger charge is 2.05. The molecule has 0 saturated carbocycles. The van der Waals surface area contributed by atoms with Gasteiger partial charge in [0.05, 0.1) is 0 Å². The highest BCUT2D eigenvalue weighted by atomic mass is 127. The van der Waals surface area contributed by atoms with Crippen molar-refractivity contribution in [2.24, 2.45) is 0 Å². The van der Waals surface area contributed by atoms with Crippen LogP contribution in [0.1, 0.15) is 11.1 Å². The SMILES string of the molecule is O=C(/C=C/c1ccc(I)cc1)Oc1ccc(/C=C(\F)C(=O)O)cc1. The molecule has 0 radical (unpaired) electrons. The van der Waals surface area contributed by atoms with Gasteiger partial charge in [0, 0.05) is 9.65 Å². The van der Waals surface area contributed by atoms with Crippen LogP contribution < -0.4 is 4.74 Å². The monoisotopic (exact) mass is 438 g/mol. The van der Waals surface area contributed by atoms with E-state index in [1.165, 1.54) is 30.3 Å². The standard InChI is InChI=1S/C18H12FIO4/c19-16(18(22)23)11-13-3-8-15(9-4-13)24-17(21)10-5-12-1-6-14(20)7-2-12/h1-11H,(H,22,23)/b10-5+,16-11-. The average molecular weight is 438 g/mol. The third-order valence-electron chi connectivity index (χ3n) is 2.88. The zero-order chi connectivity index (χ0) is 17.5. The number of carbonyl (C=O) groups excluding carboxylic acids is 1. The van der Waals surface area contributed by atoms with Gasteiger partial charge in [-0.15, -0.1) is 0 Å². The highest BCUT2D eigenvalue weighted by Crippen LogP contribution is 2.16. The van der Waals surface area contributed by atoms with Crippen LogP contribution in [0.5, 0.6) is 5.75 Å². The molecule has 2 aromatic carbocycles. The van der Waals surface area contributed by atoms with Gasteiger partial charge in [-0.25, -0.2) is 9.59 Å². The molecule has 2 aromatic rings. The third-order valence-corrected chi connectivity index (χ3v) is 3.60. The number of aliphatic carboxylic acids is 1. The average Bonchev–Trinajstić information content (AvgIpc) is 2.56. The van der Waals surface area contributed by atoms with E-state index in [9.17, 15) is 14.0 Å². The van der Waals surface area contributed by atoms with Crippen molar-refractivity contribution in [3.8, 4) is 5.75 Å². The van der Waals surface area contributed by atoms with E-state index in [1.807, 2.05) is 24.3 Å². The molecule has 0 amide bonds. The molecule has 0 aliphatic carbocycles. The van der Waals surface area contributed by atoms with Crippen LogP contribution in [0.3, 0.4) is 0 Å². The molecule has 0 atom stereocenters. The van der Waals surface area contributed by atoms with E-state index < -0.39 is 17.8 Å². The van der Waals surface area contributed by atoms with E-state index in [2.05, 4.69) is 22.6 Å². The molecule has 4 nitrogen and oxygen atoms in total. The van der Waals surface area contributed by atoms with Crippen molar-refractivity contribution in [1.82, 2.24) is 0 Å². The third kappa shape index (κ3) is 5.62.